The Labute approximate surface area is 157 Å². The maximum Gasteiger partial charge on any atom is 0.229 e. The number of thiazole rings is 1. The van der Waals surface area contributed by atoms with Crippen molar-refractivity contribution in [2.75, 3.05) is 13.1 Å². The van der Waals surface area contributed by atoms with E-state index >= 15 is 0 Å². The lowest BCUT2D eigenvalue weighted by molar-refractivity contribution is 0.182. The van der Waals surface area contributed by atoms with Gasteiger partial charge in [-0.05, 0) is 50.6 Å². The Balaban J connectivity index is 0.00000157. The summed E-state index contributed by atoms with van der Waals surface area (Å²) < 4.78 is 5.45. The summed E-state index contributed by atoms with van der Waals surface area (Å²) in [7, 11) is 0. The maximum absolute atomic E-state index is 5.45. The Morgan fingerprint density at radius 3 is 2.84 bits per heavy atom. The van der Waals surface area contributed by atoms with Crippen molar-refractivity contribution in [2.24, 2.45) is 5.41 Å². The molecule has 0 radical (unpaired) electrons. The third-order valence-electron chi connectivity index (χ3n) is 5.76. The molecule has 25 heavy (non-hydrogen) atoms. The second kappa shape index (κ2) is 6.95. The summed E-state index contributed by atoms with van der Waals surface area (Å²) in [5.74, 6) is 2.20. The van der Waals surface area contributed by atoms with Gasteiger partial charge in [0.15, 0.2) is 5.82 Å². The molecule has 1 saturated heterocycles. The first-order valence-electron chi connectivity index (χ1n) is 8.98. The fraction of sp³-hybridized carbons (Fsp3) is 0.706. The molecule has 5 rings (SSSR count). The fourth-order valence-electron chi connectivity index (χ4n) is 4.10. The number of piperidine rings is 1. The molecule has 0 bridgehead atoms. The molecule has 0 aromatic carbocycles. The number of aromatic nitrogens is 3. The highest BCUT2D eigenvalue weighted by molar-refractivity contribution is 7.09. The Morgan fingerprint density at radius 1 is 1.28 bits per heavy atom. The van der Waals surface area contributed by atoms with Crippen molar-refractivity contribution in [3.8, 4) is 0 Å². The van der Waals surface area contributed by atoms with Crippen molar-refractivity contribution in [1.82, 2.24) is 25.3 Å². The molecule has 1 atom stereocenters. The number of rotatable bonds is 6. The van der Waals surface area contributed by atoms with Gasteiger partial charge in [0.05, 0.1) is 13.1 Å². The molecule has 1 unspecified atom stereocenters. The molecule has 2 saturated carbocycles. The minimum Gasteiger partial charge on any atom is -0.339 e. The maximum atomic E-state index is 5.45. The second-order valence-corrected chi connectivity index (χ2v) is 8.47. The zero-order valence-corrected chi connectivity index (χ0v) is 15.8. The molecule has 3 fully saturated rings. The first-order valence-corrected chi connectivity index (χ1v) is 9.86. The van der Waals surface area contributed by atoms with Gasteiger partial charge in [-0.2, -0.15) is 4.98 Å². The van der Waals surface area contributed by atoms with E-state index in [1.165, 1.54) is 37.1 Å². The molecule has 2 aliphatic carbocycles. The van der Waals surface area contributed by atoms with E-state index in [1.54, 1.807) is 11.3 Å². The van der Waals surface area contributed by atoms with Crippen LogP contribution < -0.4 is 5.32 Å². The zero-order valence-electron chi connectivity index (χ0n) is 14.2. The fourth-order valence-corrected chi connectivity index (χ4v) is 4.74. The second-order valence-electron chi connectivity index (χ2n) is 7.49. The highest BCUT2D eigenvalue weighted by atomic mass is 35.5. The highest BCUT2D eigenvalue weighted by Gasteiger charge is 2.56. The van der Waals surface area contributed by atoms with Gasteiger partial charge in [0.25, 0.3) is 0 Å². The van der Waals surface area contributed by atoms with Crippen molar-refractivity contribution >= 4 is 23.7 Å². The van der Waals surface area contributed by atoms with E-state index in [4.69, 9.17) is 4.52 Å². The minimum atomic E-state index is 0. The average molecular weight is 382 g/mol. The SMILES string of the molecule is Cl.c1csc(CN(Cc2noc(C3CC3)n2)C2CC23CCNCC3)n1. The van der Waals surface area contributed by atoms with Crippen molar-refractivity contribution < 1.29 is 4.52 Å². The molecule has 3 heterocycles. The van der Waals surface area contributed by atoms with Crippen LogP contribution in [0.5, 0.6) is 0 Å². The van der Waals surface area contributed by atoms with Gasteiger partial charge in [0.1, 0.15) is 5.01 Å². The van der Waals surface area contributed by atoms with E-state index < -0.39 is 0 Å². The summed E-state index contributed by atoms with van der Waals surface area (Å²) in [5, 5.41) is 11.0. The van der Waals surface area contributed by atoms with Crippen LogP contribution in [-0.4, -0.2) is 39.2 Å². The van der Waals surface area contributed by atoms with Gasteiger partial charge in [-0.1, -0.05) is 5.16 Å². The van der Waals surface area contributed by atoms with Gasteiger partial charge in [-0.15, -0.1) is 23.7 Å². The summed E-state index contributed by atoms with van der Waals surface area (Å²) in [4.78, 5) is 11.7. The Hall–Kier alpha value is -1.02. The molecule has 1 spiro atoms. The molecule has 1 aliphatic heterocycles. The third-order valence-corrected chi connectivity index (χ3v) is 6.53. The van der Waals surface area contributed by atoms with E-state index in [1.807, 2.05) is 6.20 Å². The van der Waals surface area contributed by atoms with E-state index in [0.717, 1.165) is 37.9 Å². The van der Waals surface area contributed by atoms with Crippen LogP contribution in [0.15, 0.2) is 16.1 Å². The standard InChI is InChI=1S/C17H23N5OS.ClH/c1-2-12(1)16-20-14(21-23-16)10-22(11-15-19-7-8-24-15)13-9-17(13)3-5-18-6-4-17;/h7-8,12-13,18H,1-6,9-11H2;1H. The van der Waals surface area contributed by atoms with Gasteiger partial charge in [-0.3, -0.25) is 4.90 Å². The first-order chi connectivity index (χ1) is 11.8. The summed E-state index contributed by atoms with van der Waals surface area (Å²) in [6.45, 7) is 3.96. The van der Waals surface area contributed by atoms with Crippen LogP contribution in [-0.2, 0) is 13.1 Å². The molecule has 1 N–H and O–H groups in total. The molecule has 2 aromatic heterocycles. The molecule has 3 aliphatic rings. The van der Waals surface area contributed by atoms with Crippen LogP contribution >= 0.6 is 23.7 Å². The summed E-state index contributed by atoms with van der Waals surface area (Å²) in [6, 6.07) is 0.631. The number of halogens is 1. The number of hydrogen-bond donors (Lipinski definition) is 1. The number of hydrogen-bond acceptors (Lipinski definition) is 7. The van der Waals surface area contributed by atoms with Crippen molar-refractivity contribution in [3.05, 3.63) is 28.3 Å². The van der Waals surface area contributed by atoms with Crippen LogP contribution in [0.4, 0.5) is 0 Å². The van der Waals surface area contributed by atoms with Crippen LogP contribution in [0.1, 0.15) is 54.7 Å². The first kappa shape index (κ1) is 17.4. The molecule has 6 nitrogen and oxygen atoms in total. The lowest BCUT2D eigenvalue weighted by atomic mass is 9.93. The van der Waals surface area contributed by atoms with E-state index in [2.05, 4.69) is 30.7 Å². The zero-order chi connectivity index (χ0) is 16.0. The lowest BCUT2D eigenvalue weighted by Gasteiger charge is -2.28. The summed E-state index contributed by atoms with van der Waals surface area (Å²) >= 11 is 1.73. The normalized spacial score (nSPS) is 24.4. The van der Waals surface area contributed by atoms with E-state index in [9.17, 15) is 0 Å². The summed E-state index contributed by atoms with van der Waals surface area (Å²) in [6.07, 6.45) is 8.15. The molecule has 0 amide bonds. The van der Waals surface area contributed by atoms with Gasteiger partial charge in [-0.25, -0.2) is 4.98 Å². The predicted molar refractivity (Wildman–Crippen MR) is 97.8 cm³/mol. The Kier molecular flexibility index (Phi) is 4.83. The van der Waals surface area contributed by atoms with Crippen LogP contribution in [0.2, 0.25) is 0 Å². The predicted octanol–water partition coefficient (Wildman–Crippen LogP) is 2.97. The van der Waals surface area contributed by atoms with Crippen LogP contribution in [0, 0.1) is 5.41 Å². The van der Waals surface area contributed by atoms with Gasteiger partial charge in [0, 0.05) is 23.5 Å². The molecule has 2 aromatic rings. The van der Waals surface area contributed by atoms with E-state index in [0.29, 0.717) is 17.4 Å². The van der Waals surface area contributed by atoms with Crippen molar-refractivity contribution in [1.29, 1.82) is 0 Å². The minimum absolute atomic E-state index is 0. The molecular weight excluding hydrogens is 358 g/mol. The lowest BCUT2D eigenvalue weighted by Crippen LogP contribution is -2.36. The summed E-state index contributed by atoms with van der Waals surface area (Å²) in [5.41, 5.74) is 0.506. The number of nitrogens with zero attached hydrogens (tertiary/aromatic N) is 4. The monoisotopic (exact) mass is 381 g/mol. The van der Waals surface area contributed by atoms with Crippen molar-refractivity contribution in [3.63, 3.8) is 0 Å². The van der Waals surface area contributed by atoms with E-state index in [-0.39, 0.29) is 12.4 Å². The quantitative estimate of drug-likeness (QED) is 0.829. The average Bonchev–Trinajstić information content (AvgIpc) is 3.44. The Morgan fingerprint density at radius 2 is 2.12 bits per heavy atom. The topological polar surface area (TPSA) is 67.1 Å². The van der Waals surface area contributed by atoms with Gasteiger partial charge < -0.3 is 9.84 Å². The van der Waals surface area contributed by atoms with Crippen molar-refractivity contribution in [2.45, 2.75) is 57.2 Å². The molecule has 8 heteroatoms. The highest BCUT2D eigenvalue weighted by Crippen LogP contribution is 2.56. The largest absolute Gasteiger partial charge is 0.339 e. The third kappa shape index (κ3) is 3.60. The molecular formula is C17H24ClN5OS. The Bertz CT molecular complexity index is 696. The molecule has 136 valence electrons. The number of nitrogens with one attached hydrogen (secondary N) is 1. The van der Waals surface area contributed by atoms with Gasteiger partial charge in [0.2, 0.25) is 5.89 Å². The van der Waals surface area contributed by atoms with Crippen LogP contribution in [0.25, 0.3) is 0 Å². The smallest absolute Gasteiger partial charge is 0.229 e. The van der Waals surface area contributed by atoms with Gasteiger partial charge >= 0.3 is 0 Å². The van der Waals surface area contributed by atoms with Crippen LogP contribution in [0.3, 0.4) is 0 Å².